The molecule has 1 amide bonds. The summed E-state index contributed by atoms with van der Waals surface area (Å²) >= 11 is 0. The molecular formula is C14H28N4O. The normalized spacial score (nSPS) is 29.6. The van der Waals surface area contributed by atoms with E-state index in [1.165, 1.54) is 19.3 Å². The van der Waals surface area contributed by atoms with Crippen molar-refractivity contribution < 1.29 is 4.79 Å². The van der Waals surface area contributed by atoms with E-state index in [1.807, 2.05) is 0 Å². The Labute approximate surface area is 116 Å². The molecule has 2 unspecified atom stereocenters. The molecule has 19 heavy (non-hydrogen) atoms. The van der Waals surface area contributed by atoms with Crippen molar-refractivity contribution in [3.63, 3.8) is 0 Å². The Balaban J connectivity index is 1.70. The maximum Gasteiger partial charge on any atom is 0.233 e. The predicted molar refractivity (Wildman–Crippen MR) is 76.8 cm³/mol. The summed E-state index contributed by atoms with van der Waals surface area (Å²) in [6.07, 6.45) is 6.16. The zero-order valence-electron chi connectivity index (χ0n) is 12.0. The largest absolute Gasteiger partial charge is 0.358 e. The highest BCUT2D eigenvalue weighted by Crippen LogP contribution is 2.26. The summed E-state index contributed by atoms with van der Waals surface area (Å²) in [4.78, 5) is 13.6. The van der Waals surface area contributed by atoms with E-state index in [9.17, 15) is 4.79 Å². The highest BCUT2D eigenvalue weighted by molar-refractivity contribution is 5.77. The Morgan fingerprint density at radius 3 is 2.63 bits per heavy atom. The molecule has 2 aliphatic rings. The van der Waals surface area contributed by atoms with Gasteiger partial charge in [-0.25, -0.2) is 0 Å². The van der Waals surface area contributed by atoms with Crippen LogP contribution >= 0.6 is 0 Å². The van der Waals surface area contributed by atoms with Gasteiger partial charge in [0.25, 0.3) is 0 Å². The molecule has 2 rings (SSSR count). The summed E-state index contributed by atoms with van der Waals surface area (Å²) < 4.78 is 0. The second kappa shape index (κ2) is 7.22. The summed E-state index contributed by atoms with van der Waals surface area (Å²) in [7, 11) is 1.70. The lowest BCUT2D eigenvalue weighted by molar-refractivity contribution is -0.122. The van der Waals surface area contributed by atoms with Gasteiger partial charge >= 0.3 is 0 Å². The summed E-state index contributed by atoms with van der Waals surface area (Å²) in [6.45, 7) is 3.39. The fourth-order valence-electron chi connectivity index (χ4n) is 3.38. The van der Waals surface area contributed by atoms with Crippen LogP contribution in [0.2, 0.25) is 0 Å². The number of carbonyl (C=O) groups excluding carboxylic acids is 1. The number of carbonyl (C=O) groups is 1. The van der Waals surface area contributed by atoms with Crippen LogP contribution in [-0.2, 0) is 4.79 Å². The Hall–Kier alpha value is -0.650. The van der Waals surface area contributed by atoms with Crippen LogP contribution in [0.4, 0.5) is 0 Å². The molecule has 0 aromatic carbocycles. The van der Waals surface area contributed by atoms with Crippen LogP contribution in [0.25, 0.3) is 0 Å². The van der Waals surface area contributed by atoms with Gasteiger partial charge in [-0.1, -0.05) is 6.42 Å². The number of amides is 1. The molecule has 1 aliphatic carbocycles. The molecule has 0 radical (unpaired) electrons. The SMILES string of the molecule is CNC(=O)CN1CCC(NC2CCCC2CN)CC1. The number of hydrogen-bond donors (Lipinski definition) is 3. The van der Waals surface area contributed by atoms with Crippen molar-refractivity contribution in [2.75, 3.05) is 33.2 Å². The second-order valence-corrected chi connectivity index (χ2v) is 5.92. The number of nitrogens with zero attached hydrogens (tertiary/aromatic N) is 1. The van der Waals surface area contributed by atoms with Crippen LogP contribution in [0.15, 0.2) is 0 Å². The van der Waals surface area contributed by atoms with E-state index < -0.39 is 0 Å². The molecule has 110 valence electrons. The van der Waals surface area contributed by atoms with Crippen LogP contribution in [0.5, 0.6) is 0 Å². The monoisotopic (exact) mass is 268 g/mol. The third-order valence-corrected chi connectivity index (χ3v) is 4.65. The standard InChI is InChI=1S/C14H28N4O/c1-16-14(19)10-18-7-5-12(6-8-18)17-13-4-2-3-11(13)9-15/h11-13,17H,2-10,15H2,1H3,(H,16,19). The zero-order valence-corrected chi connectivity index (χ0v) is 12.0. The van der Waals surface area contributed by atoms with Crippen molar-refractivity contribution in [1.29, 1.82) is 0 Å². The number of nitrogens with two attached hydrogens (primary N) is 1. The lowest BCUT2D eigenvalue weighted by atomic mass is 9.99. The first-order valence-corrected chi connectivity index (χ1v) is 7.62. The van der Waals surface area contributed by atoms with E-state index in [0.29, 0.717) is 24.5 Å². The van der Waals surface area contributed by atoms with Gasteiger partial charge in [-0.15, -0.1) is 0 Å². The third kappa shape index (κ3) is 4.16. The number of likely N-dealkylation sites (N-methyl/N-ethyl adjacent to an activating group) is 1. The fourth-order valence-corrected chi connectivity index (χ4v) is 3.38. The van der Waals surface area contributed by atoms with Crippen molar-refractivity contribution in [1.82, 2.24) is 15.5 Å². The van der Waals surface area contributed by atoms with E-state index in [0.717, 1.165) is 32.5 Å². The quantitative estimate of drug-likeness (QED) is 0.652. The van der Waals surface area contributed by atoms with Crippen LogP contribution in [0.1, 0.15) is 32.1 Å². The van der Waals surface area contributed by atoms with Gasteiger partial charge in [0.15, 0.2) is 0 Å². The van der Waals surface area contributed by atoms with E-state index >= 15 is 0 Å². The van der Waals surface area contributed by atoms with Crippen LogP contribution in [-0.4, -0.2) is 56.1 Å². The van der Waals surface area contributed by atoms with Gasteiger partial charge in [-0.05, 0) is 38.1 Å². The molecule has 5 heteroatoms. The first-order chi connectivity index (χ1) is 9.22. The summed E-state index contributed by atoms with van der Waals surface area (Å²) in [5, 5.41) is 6.48. The average Bonchev–Trinajstić information content (AvgIpc) is 2.88. The van der Waals surface area contributed by atoms with Crippen molar-refractivity contribution in [2.45, 2.75) is 44.2 Å². The van der Waals surface area contributed by atoms with Gasteiger partial charge in [0.2, 0.25) is 5.91 Å². The third-order valence-electron chi connectivity index (χ3n) is 4.65. The first kappa shape index (κ1) is 14.8. The minimum Gasteiger partial charge on any atom is -0.358 e. The zero-order chi connectivity index (χ0) is 13.7. The van der Waals surface area contributed by atoms with Crippen LogP contribution in [0, 0.1) is 5.92 Å². The smallest absolute Gasteiger partial charge is 0.233 e. The van der Waals surface area contributed by atoms with Crippen LogP contribution in [0.3, 0.4) is 0 Å². The molecule has 2 fully saturated rings. The van der Waals surface area contributed by atoms with Crippen molar-refractivity contribution >= 4 is 5.91 Å². The lowest BCUT2D eigenvalue weighted by Gasteiger charge is -2.34. The van der Waals surface area contributed by atoms with Gasteiger partial charge in [-0.3, -0.25) is 9.69 Å². The molecule has 1 heterocycles. The number of piperidine rings is 1. The van der Waals surface area contributed by atoms with Crippen molar-refractivity contribution in [3.8, 4) is 0 Å². The number of hydrogen-bond acceptors (Lipinski definition) is 4. The summed E-state index contributed by atoms with van der Waals surface area (Å²) in [5.74, 6) is 0.786. The van der Waals surface area contributed by atoms with Crippen LogP contribution < -0.4 is 16.4 Å². The Bertz CT molecular complexity index is 289. The molecule has 0 aromatic heterocycles. The topological polar surface area (TPSA) is 70.4 Å². The number of rotatable bonds is 5. The van der Waals surface area contributed by atoms with Crippen molar-refractivity contribution in [3.05, 3.63) is 0 Å². The number of likely N-dealkylation sites (tertiary alicyclic amines) is 1. The predicted octanol–water partition coefficient (Wildman–Crippen LogP) is -0.0862. The minimum atomic E-state index is 0.116. The van der Waals surface area contributed by atoms with Crippen molar-refractivity contribution in [2.24, 2.45) is 11.7 Å². The van der Waals surface area contributed by atoms with Gasteiger partial charge in [-0.2, -0.15) is 0 Å². The fraction of sp³-hybridized carbons (Fsp3) is 0.929. The molecule has 1 saturated carbocycles. The number of nitrogens with one attached hydrogen (secondary N) is 2. The minimum absolute atomic E-state index is 0.116. The molecule has 0 aromatic rings. The van der Waals surface area contributed by atoms with E-state index in [1.54, 1.807) is 7.05 Å². The molecule has 1 saturated heterocycles. The highest BCUT2D eigenvalue weighted by atomic mass is 16.1. The first-order valence-electron chi connectivity index (χ1n) is 7.62. The average molecular weight is 268 g/mol. The highest BCUT2D eigenvalue weighted by Gasteiger charge is 2.29. The summed E-state index contributed by atoms with van der Waals surface area (Å²) in [6, 6.07) is 1.23. The Morgan fingerprint density at radius 2 is 2.00 bits per heavy atom. The Kier molecular flexibility index (Phi) is 5.60. The Morgan fingerprint density at radius 1 is 1.26 bits per heavy atom. The summed E-state index contributed by atoms with van der Waals surface area (Å²) in [5.41, 5.74) is 5.83. The maximum absolute atomic E-state index is 11.3. The molecule has 2 atom stereocenters. The molecule has 0 bridgehead atoms. The maximum atomic E-state index is 11.3. The molecular weight excluding hydrogens is 240 g/mol. The van der Waals surface area contributed by atoms with E-state index in [2.05, 4.69) is 15.5 Å². The van der Waals surface area contributed by atoms with Gasteiger partial charge in [0.1, 0.15) is 0 Å². The second-order valence-electron chi connectivity index (χ2n) is 5.92. The van der Waals surface area contributed by atoms with E-state index in [-0.39, 0.29) is 5.91 Å². The van der Waals surface area contributed by atoms with Gasteiger partial charge in [0.05, 0.1) is 6.54 Å². The molecule has 5 nitrogen and oxygen atoms in total. The van der Waals surface area contributed by atoms with E-state index in [4.69, 9.17) is 5.73 Å². The molecule has 4 N–H and O–H groups in total. The van der Waals surface area contributed by atoms with Gasteiger partial charge < -0.3 is 16.4 Å². The molecule has 0 spiro atoms. The van der Waals surface area contributed by atoms with Gasteiger partial charge in [0, 0.05) is 32.2 Å². The molecule has 1 aliphatic heterocycles. The lowest BCUT2D eigenvalue weighted by Crippen LogP contribution is -2.49.